The van der Waals surface area contributed by atoms with Gasteiger partial charge in [0.05, 0.1) is 25.0 Å². The molecular formula is C18H25N5O2. The van der Waals surface area contributed by atoms with Crippen LogP contribution in [0.1, 0.15) is 32.4 Å². The molecule has 0 aliphatic heterocycles. The molecule has 1 heterocycles. The Morgan fingerprint density at radius 1 is 1.28 bits per heavy atom. The van der Waals surface area contributed by atoms with E-state index >= 15 is 0 Å². The smallest absolute Gasteiger partial charge is 0.239 e. The fraction of sp³-hybridized carbons (Fsp3) is 0.389. The van der Waals surface area contributed by atoms with Gasteiger partial charge in [-0.2, -0.15) is 0 Å². The molecule has 134 valence electrons. The molecule has 7 nitrogen and oxygen atoms in total. The highest BCUT2D eigenvalue weighted by Crippen LogP contribution is 2.16. The first-order valence-corrected chi connectivity index (χ1v) is 8.29. The van der Waals surface area contributed by atoms with Crippen LogP contribution in [0.15, 0.2) is 43.0 Å². The monoisotopic (exact) mass is 343 g/mol. The van der Waals surface area contributed by atoms with E-state index in [0.29, 0.717) is 0 Å². The van der Waals surface area contributed by atoms with E-state index < -0.39 is 6.04 Å². The van der Waals surface area contributed by atoms with Crippen LogP contribution >= 0.6 is 0 Å². The van der Waals surface area contributed by atoms with Crippen LogP contribution in [0.4, 0.5) is 0 Å². The van der Waals surface area contributed by atoms with E-state index in [1.807, 2.05) is 55.8 Å². The molecule has 1 unspecified atom stereocenters. The van der Waals surface area contributed by atoms with Gasteiger partial charge in [-0.3, -0.25) is 9.59 Å². The second-order valence-corrected chi connectivity index (χ2v) is 6.34. The standard InChI is InChI=1S/C18H25N5O2/c1-12(2)17(19)18(25)21-10-16(24)22-13(3)14-5-4-6-15(9-14)23-8-7-20-11-23/h4-9,11-13,17H,10,19H2,1-3H3,(H,21,25)(H,22,24)/t13?,17-/m0/s1. The lowest BCUT2D eigenvalue weighted by Crippen LogP contribution is -2.47. The highest BCUT2D eigenvalue weighted by Gasteiger charge is 2.18. The molecule has 0 radical (unpaired) electrons. The molecule has 0 saturated heterocycles. The van der Waals surface area contributed by atoms with Crippen LogP contribution in [0.25, 0.3) is 5.69 Å². The molecule has 0 aliphatic rings. The summed E-state index contributed by atoms with van der Waals surface area (Å²) in [4.78, 5) is 27.9. The Morgan fingerprint density at radius 3 is 2.68 bits per heavy atom. The summed E-state index contributed by atoms with van der Waals surface area (Å²) < 4.78 is 1.89. The molecule has 2 rings (SSSR count). The summed E-state index contributed by atoms with van der Waals surface area (Å²) in [7, 11) is 0. The van der Waals surface area contributed by atoms with Crippen LogP contribution in [-0.4, -0.2) is 34.0 Å². The first-order chi connectivity index (χ1) is 11.9. The van der Waals surface area contributed by atoms with Crippen LogP contribution in [0, 0.1) is 5.92 Å². The van der Waals surface area contributed by atoms with E-state index in [9.17, 15) is 9.59 Å². The number of hydrogen-bond donors (Lipinski definition) is 3. The number of nitrogens with zero attached hydrogens (tertiary/aromatic N) is 2. The largest absolute Gasteiger partial charge is 0.348 e. The zero-order valence-corrected chi connectivity index (χ0v) is 14.8. The molecule has 25 heavy (non-hydrogen) atoms. The minimum Gasteiger partial charge on any atom is -0.348 e. The predicted octanol–water partition coefficient (Wildman–Crippen LogP) is 1.15. The maximum absolute atomic E-state index is 12.1. The third-order valence-corrected chi connectivity index (χ3v) is 3.99. The zero-order valence-electron chi connectivity index (χ0n) is 14.8. The molecule has 0 fully saturated rings. The SMILES string of the molecule is CC(NC(=O)CNC(=O)[C@@H](N)C(C)C)c1cccc(-n2ccnc2)c1. The summed E-state index contributed by atoms with van der Waals surface area (Å²) in [6.07, 6.45) is 5.29. The number of rotatable bonds is 7. The Bertz CT molecular complexity index is 712. The van der Waals surface area contributed by atoms with Crippen molar-refractivity contribution in [1.29, 1.82) is 0 Å². The lowest BCUT2D eigenvalue weighted by Gasteiger charge is -2.18. The number of hydrogen-bond acceptors (Lipinski definition) is 4. The number of benzene rings is 1. The van der Waals surface area contributed by atoms with Crippen molar-refractivity contribution in [2.75, 3.05) is 6.54 Å². The number of nitrogens with one attached hydrogen (secondary N) is 2. The molecule has 1 aromatic carbocycles. The quantitative estimate of drug-likeness (QED) is 0.702. The molecule has 2 aromatic rings. The van der Waals surface area contributed by atoms with Crippen molar-refractivity contribution in [3.05, 3.63) is 48.5 Å². The van der Waals surface area contributed by atoms with Gasteiger partial charge in [-0.05, 0) is 30.5 Å². The van der Waals surface area contributed by atoms with Crippen LogP contribution in [-0.2, 0) is 9.59 Å². The maximum atomic E-state index is 12.1. The minimum absolute atomic E-state index is 0.0212. The van der Waals surface area contributed by atoms with Gasteiger partial charge in [0.2, 0.25) is 11.8 Å². The average molecular weight is 343 g/mol. The molecule has 0 aliphatic carbocycles. The summed E-state index contributed by atoms with van der Waals surface area (Å²) >= 11 is 0. The first-order valence-electron chi connectivity index (χ1n) is 8.29. The van der Waals surface area contributed by atoms with Crippen molar-refractivity contribution < 1.29 is 9.59 Å². The minimum atomic E-state index is -0.614. The highest BCUT2D eigenvalue weighted by molar-refractivity contribution is 5.87. The third-order valence-electron chi connectivity index (χ3n) is 3.99. The summed E-state index contributed by atoms with van der Waals surface area (Å²) in [5, 5.41) is 5.44. The average Bonchev–Trinajstić information content (AvgIpc) is 3.13. The predicted molar refractivity (Wildman–Crippen MR) is 95.9 cm³/mol. The number of carbonyl (C=O) groups excluding carboxylic acids is 2. The molecule has 2 amide bonds. The maximum Gasteiger partial charge on any atom is 0.239 e. The molecule has 2 atom stereocenters. The molecule has 7 heteroatoms. The van der Waals surface area contributed by atoms with Crippen molar-refractivity contribution in [2.45, 2.75) is 32.9 Å². The number of aromatic nitrogens is 2. The van der Waals surface area contributed by atoms with Crippen LogP contribution in [0.3, 0.4) is 0 Å². The van der Waals surface area contributed by atoms with E-state index in [0.717, 1.165) is 11.3 Å². The zero-order chi connectivity index (χ0) is 18.4. The fourth-order valence-electron chi connectivity index (χ4n) is 2.33. The highest BCUT2D eigenvalue weighted by atomic mass is 16.2. The summed E-state index contributed by atoms with van der Waals surface area (Å²) in [5.74, 6) is -0.558. The van der Waals surface area contributed by atoms with Crippen molar-refractivity contribution >= 4 is 11.8 Å². The van der Waals surface area contributed by atoms with Gasteiger partial charge in [0, 0.05) is 18.1 Å². The molecule has 0 saturated carbocycles. The second-order valence-electron chi connectivity index (χ2n) is 6.34. The van der Waals surface area contributed by atoms with Crippen molar-refractivity contribution in [1.82, 2.24) is 20.2 Å². The van der Waals surface area contributed by atoms with Crippen molar-refractivity contribution in [3.8, 4) is 5.69 Å². The van der Waals surface area contributed by atoms with Gasteiger partial charge in [-0.1, -0.05) is 26.0 Å². The number of amides is 2. The van der Waals surface area contributed by atoms with E-state index in [1.54, 1.807) is 12.5 Å². The van der Waals surface area contributed by atoms with Gasteiger partial charge < -0.3 is 20.9 Å². The molecule has 4 N–H and O–H groups in total. The van der Waals surface area contributed by atoms with Crippen molar-refractivity contribution in [2.24, 2.45) is 11.7 Å². The third kappa shape index (κ3) is 5.15. The van der Waals surface area contributed by atoms with E-state index in [2.05, 4.69) is 15.6 Å². The number of imidazole rings is 1. The van der Waals surface area contributed by atoms with Gasteiger partial charge in [-0.15, -0.1) is 0 Å². The van der Waals surface area contributed by atoms with E-state index in [-0.39, 0.29) is 30.3 Å². The Morgan fingerprint density at radius 2 is 2.04 bits per heavy atom. The topological polar surface area (TPSA) is 102 Å². The van der Waals surface area contributed by atoms with Gasteiger partial charge in [-0.25, -0.2) is 4.98 Å². The Labute approximate surface area is 147 Å². The Kier molecular flexibility index (Phi) is 6.30. The molecule has 0 bridgehead atoms. The van der Waals surface area contributed by atoms with Gasteiger partial charge >= 0.3 is 0 Å². The fourth-order valence-corrected chi connectivity index (χ4v) is 2.33. The lowest BCUT2D eigenvalue weighted by atomic mass is 10.1. The summed E-state index contributed by atoms with van der Waals surface area (Å²) in [6.45, 7) is 5.52. The lowest BCUT2D eigenvalue weighted by molar-refractivity contribution is -0.127. The Balaban J connectivity index is 1.91. The first kappa shape index (κ1) is 18.7. The van der Waals surface area contributed by atoms with Crippen molar-refractivity contribution in [3.63, 3.8) is 0 Å². The van der Waals surface area contributed by atoms with Gasteiger partial charge in [0.25, 0.3) is 0 Å². The number of carbonyl (C=O) groups is 2. The van der Waals surface area contributed by atoms with E-state index in [1.165, 1.54) is 0 Å². The van der Waals surface area contributed by atoms with E-state index in [4.69, 9.17) is 5.73 Å². The normalized spacial score (nSPS) is 13.3. The molecule has 1 aromatic heterocycles. The van der Waals surface area contributed by atoms with Gasteiger partial charge in [0.15, 0.2) is 0 Å². The number of nitrogens with two attached hydrogens (primary N) is 1. The van der Waals surface area contributed by atoms with Crippen LogP contribution < -0.4 is 16.4 Å². The molecule has 0 spiro atoms. The Hall–Kier alpha value is -2.67. The summed E-state index contributed by atoms with van der Waals surface area (Å²) in [5.41, 5.74) is 7.68. The summed E-state index contributed by atoms with van der Waals surface area (Å²) in [6, 6.07) is 7.02. The second kappa shape index (κ2) is 8.43. The molecular weight excluding hydrogens is 318 g/mol. The van der Waals surface area contributed by atoms with Gasteiger partial charge in [0.1, 0.15) is 0 Å². The van der Waals surface area contributed by atoms with Crippen LogP contribution in [0.2, 0.25) is 0 Å². The van der Waals surface area contributed by atoms with Crippen LogP contribution in [0.5, 0.6) is 0 Å².